The summed E-state index contributed by atoms with van der Waals surface area (Å²) in [6, 6.07) is -1.54. The molecule has 2 amide bonds. The first kappa shape index (κ1) is 18.5. The lowest BCUT2D eigenvalue weighted by molar-refractivity contribution is -0.144. The van der Waals surface area contributed by atoms with Crippen LogP contribution in [-0.2, 0) is 14.4 Å². The lowest BCUT2D eigenvalue weighted by Gasteiger charge is -2.29. The molecule has 0 spiro atoms. The van der Waals surface area contributed by atoms with Gasteiger partial charge in [0.2, 0.25) is 11.8 Å². The van der Waals surface area contributed by atoms with Crippen molar-refractivity contribution < 1.29 is 19.5 Å². The summed E-state index contributed by atoms with van der Waals surface area (Å²) in [4.78, 5) is 35.1. The van der Waals surface area contributed by atoms with Gasteiger partial charge in [0.05, 0.1) is 0 Å². The summed E-state index contributed by atoms with van der Waals surface area (Å²) in [5, 5.41) is 14.7. The van der Waals surface area contributed by atoms with Crippen LogP contribution < -0.4 is 10.6 Å². The van der Waals surface area contributed by atoms with E-state index < -0.39 is 24.0 Å². The maximum Gasteiger partial charge on any atom is 0.326 e. The third-order valence-corrected chi connectivity index (χ3v) is 4.09. The Hall–Kier alpha value is -1.59. The Morgan fingerprint density at radius 3 is 2.14 bits per heavy atom. The molecule has 6 nitrogen and oxygen atoms in total. The SMILES string of the molecule is CC(=O)N[C@@H](CC(C)C)C(=O)N[C@H](C(=O)O)C1CCCCC1. The molecule has 0 aliphatic heterocycles. The molecule has 126 valence electrons. The summed E-state index contributed by atoms with van der Waals surface area (Å²) in [7, 11) is 0. The molecule has 0 aromatic heterocycles. The summed E-state index contributed by atoms with van der Waals surface area (Å²) >= 11 is 0. The van der Waals surface area contributed by atoms with Crippen LogP contribution in [0.4, 0.5) is 0 Å². The molecular weight excluding hydrogens is 284 g/mol. The highest BCUT2D eigenvalue weighted by atomic mass is 16.4. The highest BCUT2D eigenvalue weighted by Gasteiger charge is 2.33. The van der Waals surface area contributed by atoms with Crippen molar-refractivity contribution in [3.8, 4) is 0 Å². The summed E-state index contributed by atoms with van der Waals surface area (Å²) in [5.74, 6) is -1.48. The van der Waals surface area contributed by atoms with Crippen LogP contribution in [0.25, 0.3) is 0 Å². The molecule has 0 radical (unpaired) electrons. The van der Waals surface area contributed by atoms with Crippen molar-refractivity contribution >= 4 is 17.8 Å². The zero-order valence-corrected chi connectivity index (χ0v) is 13.7. The van der Waals surface area contributed by atoms with Crippen molar-refractivity contribution in [3.05, 3.63) is 0 Å². The van der Waals surface area contributed by atoms with Crippen molar-refractivity contribution in [2.45, 2.75) is 71.4 Å². The molecule has 22 heavy (non-hydrogen) atoms. The maximum absolute atomic E-state index is 12.4. The molecular formula is C16H28N2O4. The van der Waals surface area contributed by atoms with Crippen molar-refractivity contribution in [1.29, 1.82) is 0 Å². The number of carbonyl (C=O) groups is 3. The van der Waals surface area contributed by atoms with E-state index >= 15 is 0 Å². The Bertz CT molecular complexity index is 403. The van der Waals surface area contributed by atoms with E-state index in [2.05, 4.69) is 10.6 Å². The van der Waals surface area contributed by atoms with Crippen LogP contribution in [0, 0.1) is 11.8 Å². The van der Waals surface area contributed by atoms with Crippen LogP contribution in [0.5, 0.6) is 0 Å². The average Bonchev–Trinajstić information content (AvgIpc) is 2.43. The lowest BCUT2D eigenvalue weighted by atomic mass is 9.83. The quantitative estimate of drug-likeness (QED) is 0.666. The third-order valence-electron chi connectivity index (χ3n) is 4.09. The average molecular weight is 312 g/mol. The fraction of sp³-hybridized carbons (Fsp3) is 0.812. The minimum Gasteiger partial charge on any atom is -0.480 e. The first-order chi connectivity index (χ1) is 10.3. The van der Waals surface area contributed by atoms with E-state index in [1.165, 1.54) is 6.92 Å². The van der Waals surface area contributed by atoms with Crippen molar-refractivity contribution in [2.24, 2.45) is 11.8 Å². The van der Waals surface area contributed by atoms with Gasteiger partial charge in [0.25, 0.3) is 0 Å². The van der Waals surface area contributed by atoms with E-state index in [-0.39, 0.29) is 17.7 Å². The van der Waals surface area contributed by atoms with Crippen molar-refractivity contribution in [2.75, 3.05) is 0 Å². The van der Waals surface area contributed by atoms with Gasteiger partial charge in [-0.15, -0.1) is 0 Å². The fourth-order valence-electron chi connectivity index (χ4n) is 3.05. The van der Waals surface area contributed by atoms with Crippen LogP contribution >= 0.6 is 0 Å². The standard InChI is InChI=1S/C16H28N2O4/c1-10(2)9-13(17-11(3)19)15(20)18-14(16(21)22)12-7-5-4-6-8-12/h10,12-14H,4-9H2,1-3H3,(H,17,19)(H,18,20)(H,21,22)/t13-,14-/m0/s1. The van der Waals surface area contributed by atoms with Crippen LogP contribution in [0.3, 0.4) is 0 Å². The lowest BCUT2D eigenvalue weighted by Crippen LogP contribution is -2.54. The first-order valence-electron chi connectivity index (χ1n) is 8.11. The van der Waals surface area contributed by atoms with Gasteiger partial charge in [-0.05, 0) is 31.1 Å². The summed E-state index contributed by atoms with van der Waals surface area (Å²) in [6.45, 7) is 5.27. The Morgan fingerprint density at radius 2 is 1.68 bits per heavy atom. The first-order valence-corrected chi connectivity index (χ1v) is 8.11. The number of carboxylic acid groups (broad SMARTS) is 1. The van der Waals surface area contributed by atoms with Gasteiger partial charge in [-0.1, -0.05) is 33.1 Å². The molecule has 0 unspecified atom stereocenters. The highest BCUT2D eigenvalue weighted by Crippen LogP contribution is 2.26. The van der Waals surface area contributed by atoms with E-state index in [0.717, 1.165) is 32.1 Å². The number of carbonyl (C=O) groups excluding carboxylic acids is 2. The molecule has 0 aromatic rings. The molecule has 0 aromatic carbocycles. The number of aliphatic carboxylic acids is 1. The fourth-order valence-corrected chi connectivity index (χ4v) is 3.05. The normalized spacial score (nSPS) is 18.5. The zero-order valence-electron chi connectivity index (χ0n) is 13.7. The molecule has 1 fully saturated rings. The van der Waals surface area contributed by atoms with Gasteiger partial charge < -0.3 is 15.7 Å². The Morgan fingerprint density at radius 1 is 1.09 bits per heavy atom. The van der Waals surface area contributed by atoms with E-state index in [1.54, 1.807) is 0 Å². The summed E-state index contributed by atoms with van der Waals surface area (Å²) in [5.41, 5.74) is 0. The van der Waals surface area contributed by atoms with Gasteiger partial charge in [-0.2, -0.15) is 0 Å². The molecule has 1 aliphatic rings. The Labute approximate surface area is 132 Å². The van der Waals surface area contributed by atoms with Gasteiger partial charge >= 0.3 is 5.97 Å². The predicted molar refractivity (Wildman–Crippen MR) is 83.2 cm³/mol. The highest BCUT2D eigenvalue weighted by molar-refractivity contribution is 5.90. The molecule has 1 rings (SSSR count). The smallest absolute Gasteiger partial charge is 0.326 e. The summed E-state index contributed by atoms with van der Waals surface area (Å²) < 4.78 is 0. The van der Waals surface area contributed by atoms with Gasteiger partial charge in [0.15, 0.2) is 0 Å². The van der Waals surface area contributed by atoms with Gasteiger partial charge in [0, 0.05) is 6.92 Å². The van der Waals surface area contributed by atoms with Crippen molar-refractivity contribution in [1.82, 2.24) is 10.6 Å². The number of carboxylic acids is 1. The molecule has 6 heteroatoms. The molecule has 1 aliphatic carbocycles. The molecule has 0 heterocycles. The number of rotatable bonds is 7. The minimum absolute atomic E-state index is 0.0211. The number of amides is 2. The zero-order chi connectivity index (χ0) is 16.7. The van der Waals surface area contributed by atoms with Gasteiger partial charge in [-0.25, -0.2) is 4.79 Å². The number of nitrogens with one attached hydrogen (secondary N) is 2. The molecule has 2 atom stereocenters. The second-order valence-electron chi connectivity index (χ2n) is 6.61. The van der Waals surface area contributed by atoms with Crippen LogP contribution in [-0.4, -0.2) is 35.0 Å². The van der Waals surface area contributed by atoms with E-state index in [0.29, 0.717) is 6.42 Å². The second kappa shape index (κ2) is 8.76. The van der Waals surface area contributed by atoms with E-state index in [1.807, 2.05) is 13.8 Å². The van der Waals surface area contributed by atoms with Crippen LogP contribution in [0.1, 0.15) is 59.3 Å². The van der Waals surface area contributed by atoms with E-state index in [4.69, 9.17) is 0 Å². The van der Waals surface area contributed by atoms with Crippen molar-refractivity contribution in [3.63, 3.8) is 0 Å². The van der Waals surface area contributed by atoms with Crippen LogP contribution in [0.2, 0.25) is 0 Å². The third kappa shape index (κ3) is 6.03. The maximum atomic E-state index is 12.4. The predicted octanol–water partition coefficient (Wildman–Crippen LogP) is 1.69. The molecule has 0 bridgehead atoms. The Balaban J connectivity index is 2.73. The van der Waals surface area contributed by atoms with Gasteiger partial charge in [-0.3, -0.25) is 9.59 Å². The second-order valence-corrected chi connectivity index (χ2v) is 6.61. The Kier molecular flexibility index (Phi) is 7.35. The van der Waals surface area contributed by atoms with Gasteiger partial charge in [0.1, 0.15) is 12.1 Å². The molecule has 1 saturated carbocycles. The summed E-state index contributed by atoms with van der Waals surface area (Å²) in [6.07, 6.45) is 5.27. The topological polar surface area (TPSA) is 95.5 Å². The number of hydrogen-bond acceptors (Lipinski definition) is 3. The molecule has 0 saturated heterocycles. The molecule has 3 N–H and O–H groups in total. The van der Waals surface area contributed by atoms with Crippen LogP contribution in [0.15, 0.2) is 0 Å². The monoisotopic (exact) mass is 312 g/mol. The minimum atomic E-state index is -0.994. The largest absolute Gasteiger partial charge is 0.480 e. The van der Waals surface area contributed by atoms with E-state index in [9.17, 15) is 19.5 Å². The number of hydrogen-bond donors (Lipinski definition) is 3.